The molecule has 1 atom stereocenters. The third-order valence-corrected chi connectivity index (χ3v) is 4.60. The monoisotopic (exact) mass is 362 g/mol. The van der Waals surface area contributed by atoms with E-state index in [9.17, 15) is 4.79 Å². The van der Waals surface area contributed by atoms with Crippen molar-refractivity contribution in [3.63, 3.8) is 0 Å². The lowest BCUT2D eigenvalue weighted by atomic mass is 10.2. The average Bonchev–Trinajstić information content (AvgIpc) is 3.27. The average molecular weight is 363 g/mol. The number of hydrogen-bond acceptors (Lipinski definition) is 4. The van der Waals surface area contributed by atoms with E-state index in [0.717, 1.165) is 24.6 Å². The van der Waals surface area contributed by atoms with Gasteiger partial charge in [0.25, 0.3) is 5.91 Å². The number of aryl methyl sites for hydroxylation is 1. The normalized spacial score (nSPS) is 15.9. The van der Waals surface area contributed by atoms with E-state index in [1.807, 2.05) is 19.1 Å². The zero-order valence-corrected chi connectivity index (χ0v) is 15.1. The van der Waals surface area contributed by atoms with Crippen molar-refractivity contribution in [3.8, 4) is 5.75 Å². The molecule has 0 spiro atoms. The topological polar surface area (TPSA) is 54.7 Å². The first-order valence-electron chi connectivity index (χ1n) is 8.57. The quantitative estimate of drug-likeness (QED) is 0.818. The highest BCUT2D eigenvalue weighted by molar-refractivity contribution is 6.30. The zero-order chi connectivity index (χ0) is 17.6. The highest BCUT2D eigenvalue weighted by Gasteiger charge is 2.26. The summed E-state index contributed by atoms with van der Waals surface area (Å²) in [5, 5.41) is 3.60. The second-order valence-electron chi connectivity index (χ2n) is 6.25. The van der Waals surface area contributed by atoms with Crippen molar-refractivity contribution in [1.82, 2.24) is 10.2 Å². The van der Waals surface area contributed by atoms with Gasteiger partial charge in [0.05, 0.1) is 6.04 Å². The van der Waals surface area contributed by atoms with E-state index in [4.69, 9.17) is 20.8 Å². The summed E-state index contributed by atoms with van der Waals surface area (Å²) in [6.07, 6.45) is 2.37. The Morgan fingerprint density at radius 3 is 2.60 bits per heavy atom. The van der Waals surface area contributed by atoms with Crippen LogP contribution in [-0.4, -0.2) is 37.0 Å². The van der Waals surface area contributed by atoms with Crippen molar-refractivity contribution in [1.29, 1.82) is 0 Å². The van der Waals surface area contributed by atoms with Gasteiger partial charge in [-0.05, 0) is 69.3 Å². The number of amides is 1. The summed E-state index contributed by atoms with van der Waals surface area (Å²) < 4.78 is 11.3. The van der Waals surface area contributed by atoms with Crippen LogP contribution < -0.4 is 10.1 Å². The first-order valence-corrected chi connectivity index (χ1v) is 8.95. The predicted molar refractivity (Wildman–Crippen MR) is 96.9 cm³/mol. The Hall–Kier alpha value is -1.98. The summed E-state index contributed by atoms with van der Waals surface area (Å²) in [6.45, 7) is 4.48. The van der Waals surface area contributed by atoms with Crippen LogP contribution in [-0.2, 0) is 4.79 Å². The number of carbonyl (C=O) groups is 1. The van der Waals surface area contributed by atoms with Gasteiger partial charge in [-0.3, -0.25) is 9.69 Å². The van der Waals surface area contributed by atoms with E-state index < -0.39 is 0 Å². The minimum atomic E-state index is -0.151. The van der Waals surface area contributed by atoms with Crippen molar-refractivity contribution in [3.05, 3.63) is 52.9 Å². The van der Waals surface area contributed by atoms with Gasteiger partial charge in [0.15, 0.2) is 6.61 Å². The molecule has 3 rings (SSSR count). The van der Waals surface area contributed by atoms with E-state index in [1.165, 1.54) is 12.8 Å². The second kappa shape index (κ2) is 8.41. The van der Waals surface area contributed by atoms with Crippen LogP contribution in [0, 0.1) is 6.92 Å². The molecule has 1 fully saturated rings. The molecule has 2 heterocycles. The molecule has 134 valence electrons. The second-order valence-corrected chi connectivity index (χ2v) is 6.69. The number of benzene rings is 1. The Kier molecular flexibility index (Phi) is 6.00. The molecule has 0 unspecified atom stereocenters. The van der Waals surface area contributed by atoms with Crippen LogP contribution in [0.5, 0.6) is 5.75 Å². The fourth-order valence-electron chi connectivity index (χ4n) is 3.04. The lowest BCUT2D eigenvalue weighted by Crippen LogP contribution is -2.38. The van der Waals surface area contributed by atoms with Gasteiger partial charge in [-0.25, -0.2) is 0 Å². The van der Waals surface area contributed by atoms with Gasteiger partial charge in [-0.1, -0.05) is 11.6 Å². The van der Waals surface area contributed by atoms with Crippen molar-refractivity contribution >= 4 is 17.5 Å². The van der Waals surface area contributed by atoms with E-state index in [-0.39, 0.29) is 18.6 Å². The fraction of sp³-hybridized carbons (Fsp3) is 0.421. The molecule has 1 aromatic carbocycles. The van der Waals surface area contributed by atoms with Gasteiger partial charge < -0.3 is 14.5 Å². The lowest BCUT2D eigenvalue weighted by molar-refractivity contribution is -0.123. The Balaban J connectivity index is 1.53. The van der Waals surface area contributed by atoms with Crippen molar-refractivity contribution < 1.29 is 13.9 Å². The molecule has 1 saturated heterocycles. The lowest BCUT2D eigenvalue weighted by Gasteiger charge is -2.26. The summed E-state index contributed by atoms with van der Waals surface area (Å²) in [5.74, 6) is 2.26. The number of rotatable bonds is 7. The maximum absolute atomic E-state index is 12.1. The third-order valence-electron chi connectivity index (χ3n) is 4.35. The highest BCUT2D eigenvalue weighted by atomic mass is 35.5. The minimum absolute atomic E-state index is 0.0223. The highest BCUT2D eigenvalue weighted by Crippen LogP contribution is 2.26. The molecule has 1 aliphatic heterocycles. The summed E-state index contributed by atoms with van der Waals surface area (Å²) in [7, 11) is 0. The van der Waals surface area contributed by atoms with Crippen molar-refractivity contribution in [2.75, 3.05) is 26.2 Å². The van der Waals surface area contributed by atoms with E-state index in [1.54, 1.807) is 24.3 Å². The summed E-state index contributed by atoms with van der Waals surface area (Å²) in [4.78, 5) is 14.5. The molecule has 1 aromatic heterocycles. The number of hydrogen-bond donors (Lipinski definition) is 1. The van der Waals surface area contributed by atoms with E-state index in [0.29, 0.717) is 17.3 Å². The van der Waals surface area contributed by atoms with Gasteiger partial charge in [-0.2, -0.15) is 0 Å². The number of ether oxygens (including phenoxy) is 1. The molecule has 5 nitrogen and oxygen atoms in total. The van der Waals surface area contributed by atoms with E-state index >= 15 is 0 Å². The summed E-state index contributed by atoms with van der Waals surface area (Å²) in [6, 6.07) is 11.0. The number of furan rings is 1. The van der Waals surface area contributed by atoms with E-state index in [2.05, 4.69) is 10.2 Å². The number of carbonyl (C=O) groups excluding carboxylic acids is 1. The van der Waals surface area contributed by atoms with Gasteiger partial charge >= 0.3 is 0 Å². The molecule has 1 amide bonds. The van der Waals surface area contributed by atoms with Gasteiger partial charge in [0.2, 0.25) is 0 Å². The molecule has 2 aromatic rings. The molecule has 0 aliphatic carbocycles. The summed E-state index contributed by atoms with van der Waals surface area (Å²) in [5.41, 5.74) is 0. The van der Waals surface area contributed by atoms with Crippen LogP contribution in [0.4, 0.5) is 0 Å². The predicted octanol–water partition coefficient (Wildman–Crippen LogP) is 3.57. The van der Waals surface area contributed by atoms with Crippen molar-refractivity contribution in [2.24, 2.45) is 0 Å². The molecule has 25 heavy (non-hydrogen) atoms. The first-order chi connectivity index (χ1) is 12.1. The smallest absolute Gasteiger partial charge is 0.258 e. The molecule has 1 N–H and O–H groups in total. The van der Waals surface area contributed by atoms with Crippen LogP contribution in [0.1, 0.15) is 30.4 Å². The van der Waals surface area contributed by atoms with Crippen LogP contribution >= 0.6 is 11.6 Å². The Morgan fingerprint density at radius 2 is 1.96 bits per heavy atom. The number of halogens is 1. The molecular weight excluding hydrogens is 340 g/mol. The number of likely N-dealkylation sites (tertiary alicyclic amines) is 1. The fourth-order valence-corrected chi connectivity index (χ4v) is 3.16. The summed E-state index contributed by atoms with van der Waals surface area (Å²) >= 11 is 5.83. The number of nitrogens with one attached hydrogen (secondary N) is 1. The van der Waals surface area contributed by atoms with Crippen LogP contribution in [0.15, 0.2) is 40.8 Å². The molecule has 6 heteroatoms. The molecule has 0 saturated carbocycles. The van der Waals surface area contributed by atoms with Gasteiger partial charge in [0.1, 0.15) is 17.3 Å². The Morgan fingerprint density at radius 1 is 1.24 bits per heavy atom. The molecule has 1 aliphatic rings. The van der Waals surface area contributed by atoms with Crippen LogP contribution in [0.2, 0.25) is 5.02 Å². The Labute approximate surface area is 152 Å². The first kappa shape index (κ1) is 17.8. The standard InChI is InChI=1S/C19H23ClN2O3/c1-14-4-9-18(25-14)17(22-10-2-3-11-22)12-21-19(23)13-24-16-7-5-15(20)6-8-16/h4-9,17H,2-3,10-13H2,1H3,(H,21,23)/t17-/m1/s1. The third kappa shape index (κ3) is 5.00. The van der Waals surface area contributed by atoms with Crippen LogP contribution in [0.3, 0.4) is 0 Å². The van der Waals surface area contributed by atoms with Gasteiger partial charge in [-0.15, -0.1) is 0 Å². The van der Waals surface area contributed by atoms with Crippen molar-refractivity contribution in [2.45, 2.75) is 25.8 Å². The maximum atomic E-state index is 12.1. The van der Waals surface area contributed by atoms with Gasteiger partial charge in [0, 0.05) is 11.6 Å². The number of nitrogens with zero attached hydrogens (tertiary/aromatic N) is 1. The molecule has 0 radical (unpaired) electrons. The SMILES string of the molecule is Cc1ccc([C@@H](CNC(=O)COc2ccc(Cl)cc2)N2CCCC2)o1. The molecule has 0 bridgehead atoms. The largest absolute Gasteiger partial charge is 0.484 e. The maximum Gasteiger partial charge on any atom is 0.258 e. The molecular formula is C19H23ClN2O3. The minimum Gasteiger partial charge on any atom is -0.484 e. The van der Waals surface area contributed by atoms with Crippen LogP contribution in [0.25, 0.3) is 0 Å². The zero-order valence-electron chi connectivity index (χ0n) is 14.3. The Bertz CT molecular complexity index is 693.